The lowest BCUT2D eigenvalue weighted by molar-refractivity contribution is 0.171. The molecule has 12 heteroatoms. The minimum Gasteiger partial charge on any atom is -0.512 e. The Morgan fingerprint density at radius 3 is 2.25 bits per heavy atom. The molecule has 1 fully saturated rings. The van der Waals surface area contributed by atoms with E-state index < -0.39 is 19.8 Å². The van der Waals surface area contributed by atoms with Crippen LogP contribution in [0.1, 0.15) is 111 Å². The molecular weight excluding hydrogens is 659 g/mol. The van der Waals surface area contributed by atoms with Crippen LogP contribution in [-0.2, 0) is 4.43 Å². The molecular formula is C39H59N7O4Si. The maximum absolute atomic E-state index is 12.8. The summed E-state index contributed by atoms with van der Waals surface area (Å²) in [7, 11) is -1.89. The number of hydrogen-bond donors (Lipinski definition) is 4. The van der Waals surface area contributed by atoms with Crippen molar-refractivity contribution in [1.29, 1.82) is 5.41 Å². The number of nitrogens with zero attached hydrogens (tertiary/aromatic N) is 4. The van der Waals surface area contributed by atoms with Gasteiger partial charge in [0, 0.05) is 31.2 Å². The maximum Gasteiger partial charge on any atom is 0.320 e. The van der Waals surface area contributed by atoms with Crippen molar-refractivity contribution >= 4 is 31.8 Å². The molecule has 0 saturated carbocycles. The SMILES string of the molecule is CC(C)[Si](OCC1CCN(c2nnc3ccc(O[C@@H]4CC[C@H](NC(=O)NC(=N)/C=C(\O)C(C)(C)C)c5ccccc54)cn23)CC1)(C(C)C)C(C)C. The predicted octanol–water partition coefficient (Wildman–Crippen LogP) is 8.86. The molecule has 4 N–H and O–H groups in total. The Balaban J connectivity index is 1.22. The Morgan fingerprint density at radius 1 is 0.980 bits per heavy atom. The van der Waals surface area contributed by atoms with Crippen molar-refractivity contribution in [3.8, 4) is 5.75 Å². The topological polar surface area (TPSA) is 137 Å². The average Bonchev–Trinajstić information content (AvgIpc) is 3.48. The highest BCUT2D eigenvalue weighted by atomic mass is 28.4. The second kappa shape index (κ2) is 15.8. The van der Waals surface area contributed by atoms with Crippen LogP contribution in [0.5, 0.6) is 5.75 Å². The zero-order chi connectivity index (χ0) is 37.1. The molecule has 2 aromatic heterocycles. The number of piperidine rings is 1. The first kappa shape index (κ1) is 38.3. The number of urea groups is 1. The third kappa shape index (κ3) is 8.60. The van der Waals surface area contributed by atoms with Crippen molar-refractivity contribution in [2.24, 2.45) is 11.3 Å². The number of fused-ring (bicyclic) bond motifs is 2. The van der Waals surface area contributed by atoms with Gasteiger partial charge in [0.1, 0.15) is 23.4 Å². The Labute approximate surface area is 304 Å². The predicted molar refractivity (Wildman–Crippen MR) is 206 cm³/mol. The van der Waals surface area contributed by atoms with E-state index in [1.54, 1.807) is 0 Å². The lowest BCUT2D eigenvalue weighted by atomic mass is 9.85. The van der Waals surface area contributed by atoms with Crippen LogP contribution in [0.4, 0.5) is 10.7 Å². The van der Waals surface area contributed by atoms with E-state index in [4.69, 9.17) is 14.6 Å². The molecule has 0 spiro atoms. The van der Waals surface area contributed by atoms with Gasteiger partial charge in [-0.05, 0) is 71.5 Å². The highest BCUT2D eigenvalue weighted by Crippen LogP contribution is 2.43. The summed E-state index contributed by atoms with van der Waals surface area (Å²) in [6, 6.07) is 11.2. The number of carbonyl (C=O) groups excluding carboxylic acids is 1. The van der Waals surface area contributed by atoms with Crippen molar-refractivity contribution in [1.82, 2.24) is 25.2 Å². The first-order valence-electron chi connectivity index (χ1n) is 18.7. The molecule has 3 heterocycles. The van der Waals surface area contributed by atoms with Gasteiger partial charge in [-0.3, -0.25) is 15.1 Å². The minimum absolute atomic E-state index is 0.0282. The van der Waals surface area contributed by atoms with Gasteiger partial charge in [0.2, 0.25) is 5.95 Å². The number of ether oxygens (including phenoxy) is 1. The third-order valence-electron chi connectivity index (χ3n) is 10.8. The number of nitrogens with one attached hydrogen (secondary N) is 3. The first-order chi connectivity index (χ1) is 24.1. The number of amides is 2. The van der Waals surface area contributed by atoms with Crippen LogP contribution in [0.3, 0.4) is 0 Å². The average molecular weight is 718 g/mol. The Hall–Kier alpha value is -3.90. The van der Waals surface area contributed by atoms with Crippen LogP contribution in [0.2, 0.25) is 16.6 Å². The van der Waals surface area contributed by atoms with Crippen molar-refractivity contribution in [2.45, 2.75) is 117 Å². The zero-order valence-electron chi connectivity index (χ0n) is 32.0. The molecule has 2 amide bonds. The fraction of sp³-hybridized carbons (Fsp3) is 0.590. The molecule has 0 unspecified atom stereocenters. The molecule has 0 radical (unpaired) electrons. The van der Waals surface area contributed by atoms with Gasteiger partial charge in [0.05, 0.1) is 12.2 Å². The van der Waals surface area contributed by atoms with Gasteiger partial charge in [-0.25, -0.2) is 4.79 Å². The van der Waals surface area contributed by atoms with Crippen LogP contribution in [0.15, 0.2) is 54.4 Å². The van der Waals surface area contributed by atoms with E-state index in [-0.39, 0.29) is 23.7 Å². The van der Waals surface area contributed by atoms with Gasteiger partial charge in [-0.15, -0.1) is 10.2 Å². The minimum atomic E-state index is -1.89. The summed E-state index contributed by atoms with van der Waals surface area (Å²) in [4.78, 5) is 15.2. The van der Waals surface area contributed by atoms with Crippen LogP contribution in [-0.4, -0.2) is 59.6 Å². The number of allylic oxidation sites excluding steroid dienone is 1. The van der Waals surface area contributed by atoms with Gasteiger partial charge >= 0.3 is 6.03 Å². The number of pyridine rings is 1. The molecule has 278 valence electrons. The first-order valence-corrected chi connectivity index (χ1v) is 20.8. The second-order valence-electron chi connectivity index (χ2n) is 16.3. The summed E-state index contributed by atoms with van der Waals surface area (Å²) in [6.45, 7) is 22.3. The van der Waals surface area contributed by atoms with Crippen LogP contribution in [0.25, 0.3) is 5.65 Å². The Morgan fingerprint density at radius 2 is 1.63 bits per heavy atom. The van der Waals surface area contributed by atoms with Crippen molar-refractivity contribution in [3.05, 3.63) is 65.6 Å². The standard InChI is InChI=1S/C39H59N7O4Si/c1-25(2)51(26(3)4,27(5)6)49-24-28-18-20-45(21-19-28)38-44-43-36-17-14-29(23-46(36)38)50-33-16-15-32(30-12-10-11-13-31(30)33)41-37(48)42-35(40)22-34(47)39(7,8)9/h10-14,17,22-23,25-28,32-33,47H,15-16,18-21,24H2,1-9H3,(H3,40,41,42,48)/b34-22-/t32-,33+/m0/s1. The fourth-order valence-corrected chi connectivity index (χ4v) is 13.6. The molecule has 1 saturated heterocycles. The number of benzene rings is 1. The zero-order valence-corrected chi connectivity index (χ0v) is 33.0. The van der Waals surface area contributed by atoms with Gasteiger partial charge in [0.15, 0.2) is 14.0 Å². The van der Waals surface area contributed by atoms with E-state index in [1.165, 1.54) is 6.08 Å². The Kier molecular flexibility index (Phi) is 11.9. The number of hydrogen-bond acceptors (Lipinski definition) is 8. The van der Waals surface area contributed by atoms with Gasteiger partial charge < -0.3 is 24.5 Å². The van der Waals surface area contributed by atoms with E-state index in [1.807, 2.05) is 67.8 Å². The van der Waals surface area contributed by atoms with Crippen molar-refractivity contribution in [3.63, 3.8) is 0 Å². The van der Waals surface area contributed by atoms with E-state index in [2.05, 4.69) is 67.3 Å². The van der Waals surface area contributed by atoms with E-state index in [0.29, 0.717) is 35.4 Å². The van der Waals surface area contributed by atoms with E-state index in [0.717, 1.165) is 61.0 Å². The molecule has 2 aliphatic rings. The number of amidine groups is 1. The third-order valence-corrected chi connectivity index (χ3v) is 16.9. The molecule has 2 atom stereocenters. The van der Waals surface area contributed by atoms with Gasteiger partial charge in [0.25, 0.3) is 0 Å². The van der Waals surface area contributed by atoms with Crippen molar-refractivity contribution in [2.75, 3.05) is 24.6 Å². The summed E-state index contributed by atoms with van der Waals surface area (Å²) in [5.41, 5.74) is 4.02. The number of aliphatic hydroxyl groups excluding tert-OH is 1. The van der Waals surface area contributed by atoms with Crippen LogP contribution < -0.4 is 20.3 Å². The monoisotopic (exact) mass is 717 g/mol. The normalized spacial score (nSPS) is 19.1. The lowest BCUT2D eigenvalue weighted by Crippen LogP contribution is -2.49. The summed E-state index contributed by atoms with van der Waals surface area (Å²) in [5, 5.41) is 32.9. The fourth-order valence-electron chi connectivity index (χ4n) is 8.10. The largest absolute Gasteiger partial charge is 0.512 e. The molecule has 5 rings (SSSR count). The van der Waals surface area contributed by atoms with E-state index >= 15 is 0 Å². The van der Waals surface area contributed by atoms with Gasteiger partial charge in [-0.2, -0.15) is 0 Å². The number of rotatable bonds is 11. The number of aromatic nitrogens is 3. The molecule has 1 aromatic carbocycles. The summed E-state index contributed by atoms with van der Waals surface area (Å²) in [6.07, 6.45) is 6.55. The Bertz CT molecular complexity index is 1680. The maximum atomic E-state index is 12.8. The summed E-state index contributed by atoms with van der Waals surface area (Å²) >= 11 is 0. The summed E-state index contributed by atoms with van der Waals surface area (Å²) in [5.74, 6) is 1.96. The summed E-state index contributed by atoms with van der Waals surface area (Å²) < 4.78 is 15.6. The van der Waals surface area contributed by atoms with Crippen LogP contribution >= 0.6 is 0 Å². The molecule has 0 bridgehead atoms. The second-order valence-corrected chi connectivity index (χ2v) is 21.8. The smallest absolute Gasteiger partial charge is 0.320 e. The molecule has 51 heavy (non-hydrogen) atoms. The number of aliphatic hydroxyl groups is 1. The van der Waals surface area contributed by atoms with Crippen molar-refractivity contribution < 1.29 is 19.1 Å². The quantitative estimate of drug-likeness (QED) is 0.0673. The molecule has 1 aliphatic carbocycles. The molecule has 1 aliphatic heterocycles. The van der Waals surface area contributed by atoms with Gasteiger partial charge in [-0.1, -0.05) is 86.6 Å². The highest BCUT2D eigenvalue weighted by Gasteiger charge is 2.45. The number of anilines is 1. The van der Waals surface area contributed by atoms with E-state index in [9.17, 15) is 9.90 Å². The lowest BCUT2D eigenvalue weighted by Gasteiger charge is -2.43. The molecule has 11 nitrogen and oxygen atoms in total. The van der Waals surface area contributed by atoms with Crippen LogP contribution in [0, 0.1) is 16.7 Å². The molecule has 3 aromatic rings. The number of carbonyl (C=O) groups is 1. The highest BCUT2D eigenvalue weighted by molar-refractivity contribution is 6.77.